The first kappa shape index (κ1) is 17.6. The fraction of sp³-hybridized carbons (Fsp3) is 0.550. The predicted octanol–water partition coefficient (Wildman–Crippen LogP) is 3.85. The molecule has 0 spiro atoms. The van der Waals surface area contributed by atoms with Gasteiger partial charge in [0.05, 0.1) is 17.5 Å². The third-order valence-electron chi connectivity index (χ3n) is 5.15. The summed E-state index contributed by atoms with van der Waals surface area (Å²) in [6.07, 6.45) is 6.94. The molecule has 1 aromatic carbocycles. The van der Waals surface area contributed by atoms with Crippen molar-refractivity contribution in [1.29, 1.82) is 0 Å². The Morgan fingerprint density at radius 2 is 1.64 bits per heavy atom. The molecule has 2 unspecified atom stereocenters. The van der Waals surface area contributed by atoms with Crippen LogP contribution in [-0.4, -0.2) is 17.8 Å². The number of fused-ring (bicyclic) bond motifs is 1. The number of benzene rings is 1. The molecule has 134 valence electrons. The molecule has 0 radical (unpaired) electrons. The smallest absolute Gasteiger partial charge is 0.311 e. The van der Waals surface area contributed by atoms with Gasteiger partial charge in [0.1, 0.15) is 5.75 Å². The normalized spacial score (nSPS) is 22.8. The number of ether oxygens (including phenoxy) is 1. The van der Waals surface area contributed by atoms with Crippen molar-refractivity contribution < 1.29 is 19.1 Å². The van der Waals surface area contributed by atoms with Crippen molar-refractivity contribution in [1.82, 2.24) is 0 Å². The summed E-state index contributed by atoms with van der Waals surface area (Å²) in [5.41, 5.74) is 0.565. The molecule has 2 aliphatic rings. The van der Waals surface area contributed by atoms with Gasteiger partial charge >= 0.3 is 5.97 Å². The third kappa shape index (κ3) is 3.75. The predicted molar refractivity (Wildman–Crippen MR) is 94.2 cm³/mol. The molecule has 3 rings (SSSR count). The Balaban J connectivity index is 1.65. The Bertz CT molecular complexity index is 628. The molecule has 1 aliphatic heterocycles. The zero-order valence-electron chi connectivity index (χ0n) is 14.7. The zero-order valence-corrected chi connectivity index (χ0v) is 14.7. The van der Waals surface area contributed by atoms with Gasteiger partial charge in [-0.1, -0.05) is 32.6 Å². The molecule has 2 atom stereocenters. The molecule has 5 nitrogen and oxygen atoms in total. The third-order valence-corrected chi connectivity index (χ3v) is 5.15. The summed E-state index contributed by atoms with van der Waals surface area (Å²) in [5, 5.41) is 0. The van der Waals surface area contributed by atoms with Gasteiger partial charge in [0.25, 0.3) is 0 Å². The van der Waals surface area contributed by atoms with E-state index in [4.69, 9.17) is 4.74 Å². The van der Waals surface area contributed by atoms with E-state index in [0.29, 0.717) is 17.9 Å². The van der Waals surface area contributed by atoms with Crippen molar-refractivity contribution in [3.05, 3.63) is 24.3 Å². The van der Waals surface area contributed by atoms with Crippen LogP contribution in [0.4, 0.5) is 5.69 Å². The van der Waals surface area contributed by atoms with E-state index in [1.807, 2.05) is 0 Å². The number of anilines is 1. The lowest BCUT2D eigenvalue weighted by Crippen LogP contribution is -2.30. The summed E-state index contributed by atoms with van der Waals surface area (Å²) < 4.78 is 5.30. The van der Waals surface area contributed by atoms with E-state index in [-0.39, 0.29) is 29.6 Å². The van der Waals surface area contributed by atoms with Gasteiger partial charge in [0.2, 0.25) is 11.8 Å². The maximum absolute atomic E-state index is 12.6. The minimum absolute atomic E-state index is 0.0842. The largest absolute Gasteiger partial charge is 0.427 e. The number of carbonyl (C=O) groups is 3. The summed E-state index contributed by atoms with van der Waals surface area (Å²) in [6.45, 7) is 2.08. The van der Waals surface area contributed by atoms with Crippen LogP contribution < -0.4 is 9.64 Å². The highest BCUT2D eigenvalue weighted by Crippen LogP contribution is 2.40. The van der Waals surface area contributed by atoms with Crippen LogP contribution in [0.2, 0.25) is 0 Å². The lowest BCUT2D eigenvalue weighted by Gasteiger charge is -2.19. The van der Waals surface area contributed by atoms with Gasteiger partial charge < -0.3 is 4.74 Å². The van der Waals surface area contributed by atoms with Crippen molar-refractivity contribution in [3.8, 4) is 5.75 Å². The highest BCUT2D eigenvalue weighted by Gasteiger charge is 2.48. The first-order valence-corrected chi connectivity index (χ1v) is 9.30. The van der Waals surface area contributed by atoms with Crippen LogP contribution in [-0.2, 0) is 14.4 Å². The van der Waals surface area contributed by atoms with Crippen molar-refractivity contribution in [2.45, 2.75) is 58.3 Å². The maximum atomic E-state index is 12.6. The van der Waals surface area contributed by atoms with Crippen LogP contribution >= 0.6 is 0 Å². The minimum atomic E-state index is -0.249. The Morgan fingerprint density at radius 3 is 2.20 bits per heavy atom. The average Bonchev–Trinajstić information content (AvgIpc) is 2.88. The van der Waals surface area contributed by atoms with Crippen LogP contribution in [0.25, 0.3) is 0 Å². The van der Waals surface area contributed by atoms with Gasteiger partial charge in [-0.15, -0.1) is 0 Å². The van der Waals surface area contributed by atoms with Gasteiger partial charge in [-0.3, -0.25) is 19.3 Å². The minimum Gasteiger partial charge on any atom is -0.427 e. The molecule has 5 heteroatoms. The lowest BCUT2D eigenvalue weighted by molar-refractivity contribution is -0.134. The van der Waals surface area contributed by atoms with Gasteiger partial charge in [0, 0.05) is 6.42 Å². The van der Waals surface area contributed by atoms with Gasteiger partial charge in [0.15, 0.2) is 0 Å². The van der Waals surface area contributed by atoms with Crippen LogP contribution in [0.3, 0.4) is 0 Å². The summed E-state index contributed by atoms with van der Waals surface area (Å²) in [5.74, 6) is -0.282. The molecule has 25 heavy (non-hydrogen) atoms. The summed E-state index contributed by atoms with van der Waals surface area (Å²) >= 11 is 0. The first-order valence-electron chi connectivity index (χ1n) is 9.30. The molecule has 0 aromatic heterocycles. The van der Waals surface area contributed by atoms with Crippen molar-refractivity contribution >= 4 is 23.5 Å². The standard InChI is InChI=1S/C20H25NO4/c1-2-3-4-9-18(22)25-15-12-10-14(11-13-15)21-19(23)16-7-5-6-8-17(16)20(21)24/h10-13,16-17H,2-9H2,1H3. The van der Waals surface area contributed by atoms with Gasteiger partial charge in [-0.05, 0) is 43.5 Å². The van der Waals surface area contributed by atoms with E-state index in [9.17, 15) is 14.4 Å². The fourth-order valence-corrected chi connectivity index (χ4v) is 3.78. The topological polar surface area (TPSA) is 63.7 Å². The number of esters is 1. The second kappa shape index (κ2) is 7.81. The average molecular weight is 343 g/mol. The molecule has 1 heterocycles. The van der Waals surface area contributed by atoms with E-state index in [1.54, 1.807) is 24.3 Å². The van der Waals surface area contributed by atoms with Crippen LogP contribution in [0, 0.1) is 11.8 Å². The Morgan fingerprint density at radius 1 is 1.04 bits per heavy atom. The monoisotopic (exact) mass is 343 g/mol. The number of imide groups is 1. The van der Waals surface area contributed by atoms with Crippen molar-refractivity contribution in [2.24, 2.45) is 11.8 Å². The SMILES string of the molecule is CCCCCC(=O)Oc1ccc(N2C(=O)C3CCCCC3C2=O)cc1. The Kier molecular flexibility index (Phi) is 5.51. The number of nitrogens with zero attached hydrogens (tertiary/aromatic N) is 1. The van der Waals surface area contributed by atoms with Crippen LogP contribution in [0.5, 0.6) is 5.75 Å². The van der Waals surface area contributed by atoms with Crippen LogP contribution in [0.15, 0.2) is 24.3 Å². The highest BCUT2D eigenvalue weighted by molar-refractivity contribution is 6.22. The molecule has 1 saturated carbocycles. The molecule has 1 saturated heterocycles. The Hall–Kier alpha value is -2.17. The number of unbranched alkanes of at least 4 members (excludes halogenated alkanes) is 2. The molecule has 0 N–H and O–H groups in total. The highest BCUT2D eigenvalue weighted by atomic mass is 16.5. The number of rotatable bonds is 6. The molecular weight excluding hydrogens is 318 g/mol. The second-order valence-electron chi connectivity index (χ2n) is 6.93. The number of hydrogen-bond acceptors (Lipinski definition) is 4. The lowest BCUT2D eigenvalue weighted by atomic mass is 9.81. The van der Waals surface area contributed by atoms with E-state index >= 15 is 0 Å². The van der Waals surface area contributed by atoms with E-state index < -0.39 is 0 Å². The molecule has 1 aliphatic carbocycles. The first-order chi connectivity index (χ1) is 12.1. The quantitative estimate of drug-likeness (QED) is 0.341. The zero-order chi connectivity index (χ0) is 17.8. The van der Waals surface area contributed by atoms with E-state index in [1.165, 1.54) is 4.90 Å². The molecular formula is C20H25NO4. The number of carbonyl (C=O) groups excluding carboxylic acids is 3. The summed E-state index contributed by atoms with van der Waals surface area (Å²) in [6, 6.07) is 6.66. The van der Waals surface area contributed by atoms with E-state index in [0.717, 1.165) is 44.9 Å². The molecule has 2 fully saturated rings. The van der Waals surface area contributed by atoms with Gasteiger partial charge in [-0.25, -0.2) is 0 Å². The maximum Gasteiger partial charge on any atom is 0.311 e. The molecule has 0 bridgehead atoms. The van der Waals surface area contributed by atoms with Gasteiger partial charge in [-0.2, -0.15) is 0 Å². The second-order valence-corrected chi connectivity index (χ2v) is 6.93. The summed E-state index contributed by atoms with van der Waals surface area (Å²) in [7, 11) is 0. The van der Waals surface area contributed by atoms with Crippen LogP contribution in [0.1, 0.15) is 58.3 Å². The number of amides is 2. The van der Waals surface area contributed by atoms with E-state index in [2.05, 4.69) is 6.92 Å². The summed E-state index contributed by atoms with van der Waals surface area (Å²) in [4.78, 5) is 38.2. The van der Waals surface area contributed by atoms with Crippen molar-refractivity contribution in [2.75, 3.05) is 4.90 Å². The fourth-order valence-electron chi connectivity index (χ4n) is 3.78. The Labute approximate surface area is 148 Å². The van der Waals surface area contributed by atoms with Crippen molar-refractivity contribution in [3.63, 3.8) is 0 Å². The molecule has 2 amide bonds. The molecule has 1 aromatic rings. The number of hydrogen-bond donors (Lipinski definition) is 0.